The summed E-state index contributed by atoms with van der Waals surface area (Å²) in [7, 11) is 3.38. The number of rotatable bonds is 3. The molecule has 2 heterocycles. The summed E-state index contributed by atoms with van der Waals surface area (Å²) in [5.41, 5.74) is 0.394. The molecular weight excluding hydrogens is 438 g/mol. The van der Waals surface area contributed by atoms with E-state index < -0.39 is 17.1 Å². The van der Waals surface area contributed by atoms with Gasteiger partial charge in [0.15, 0.2) is 17.1 Å². The van der Waals surface area contributed by atoms with E-state index >= 15 is 4.39 Å². The van der Waals surface area contributed by atoms with E-state index in [1.165, 1.54) is 23.1 Å². The summed E-state index contributed by atoms with van der Waals surface area (Å²) >= 11 is 6.18. The van der Waals surface area contributed by atoms with Crippen LogP contribution < -0.4 is 10.3 Å². The number of hydrogen-bond acceptors (Lipinski definition) is 4. The minimum absolute atomic E-state index is 0.0499. The number of anilines is 1. The van der Waals surface area contributed by atoms with Crippen LogP contribution in [0.3, 0.4) is 0 Å². The molecule has 0 unspecified atom stereocenters. The van der Waals surface area contributed by atoms with Crippen LogP contribution in [-0.2, 0) is 4.79 Å². The fraction of sp³-hybridized carbons (Fsp3) is 0.261. The quantitative estimate of drug-likeness (QED) is 0.593. The Kier molecular flexibility index (Phi) is 7.11. The number of aromatic amines is 1. The van der Waals surface area contributed by atoms with Crippen LogP contribution in [0.25, 0.3) is 22.2 Å². The summed E-state index contributed by atoms with van der Waals surface area (Å²) in [6, 6.07) is 8.96. The van der Waals surface area contributed by atoms with E-state index in [9.17, 15) is 14.0 Å². The average molecular weight is 459 g/mol. The molecule has 1 aliphatic rings. The molecule has 0 aliphatic carbocycles. The molecule has 0 saturated carbocycles. The lowest BCUT2D eigenvalue weighted by atomic mass is 10.1. The highest BCUT2D eigenvalue weighted by Crippen LogP contribution is 2.33. The van der Waals surface area contributed by atoms with Gasteiger partial charge >= 0.3 is 0 Å². The first-order chi connectivity index (χ1) is 15.3. The van der Waals surface area contributed by atoms with Crippen molar-refractivity contribution in [3.05, 3.63) is 62.8 Å². The molecule has 3 aromatic rings. The summed E-state index contributed by atoms with van der Waals surface area (Å²) in [6.45, 7) is 1.12. The first-order valence-corrected chi connectivity index (χ1v) is 10.3. The number of benzene rings is 2. The van der Waals surface area contributed by atoms with Gasteiger partial charge in [-0.3, -0.25) is 9.59 Å². The van der Waals surface area contributed by atoms with E-state index in [1.54, 1.807) is 25.1 Å². The molecule has 1 aliphatic heterocycles. The number of pyridine rings is 1. The second-order valence-corrected chi connectivity index (χ2v) is 7.97. The molecule has 1 saturated heterocycles. The number of nitriles is 1. The molecule has 0 bridgehead atoms. The van der Waals surface area contributed by atoms with Gasteiger partial charge < -0.3 is 14.8 Å². The summed E-state index contributed by atoms with van der Waals surface area (Å²) in [6.07, 6.45) is 2.47. The first kappa shape index (κ1) is 23.2. The zero-order valence-corrected chi connectivity index (χ0v) is 18.3. The molecule has 1 amide bonds. The lowest BCUT2D eigenvalue weighted by Gasteiger charge is -2.20. The molecule has 32 heavy (non-hydrogen) atoms. The van der Waals surface area contributed by atoms with Crippen molar-refractivity contribution in [1.82, 2.24) is 9.88 Å². The van der Waals surface area contributed by atoms with Gasteiger partial charge in [-0.15, -0.1) is 0 Å². The van der Waals surface area contributed by atoms with E-state index in [1.807, 2.05) is 6.07 Å². The molecule has 2 aromatic carbocycles. The molecule has 1 N–H and O–H groups in total. The van der Waals surface area contributed by atoms with Gasteiger partial charge in [-0.2, -0.15) is 5.26 Å². The first-order valence-electron chi connectivity index (χ1n) is 9.88. The van der Waals surface area contributed by atoms with Gasteiger partial charge in [-0.1, -0.05) is 11.6 Å². The molecule has 1 fully saturated rings. The van der Waals surface area contributed by atoms with E-state index in [4.69, 9.17) is 16.9 Å². The van der Waals surface area contributed by atoms with Crippen molar-refractivity contribution in [2.75, 3.05) is 32.1 Å². The van der Waals surface area contributed by atoms with Gasteiger partial charge in [0.05, 0.1) is 28.2 Å². The van der Waals surface area contributed by atoms with Crippen LogP contribution in [0.1, 0.15) is 18.4 Å². The van der Waals surface area contributed by atoms with Crippen molar-refractivity contribution < 1.29 is 13.6 Å². The van der Waals surface area contributed by atoms with E-state index in [-0.39, 0.29) is 16.6 Å². The minimum atomic E-state index is -0.850. The summed E-state index contributed by atoms with van der Waals surface area (Å²) in [5, 5.41) is 9.20. The van der Waals surface area contributed by atoms with Crippen LogP contribution in [-0.4, -0.2) is 43.5 Å². The second kappa shape index (κ2) is 9.79. The van der Waals surface area contributed by atoms with Crippen LogP contribution in [0.2, 0.25) is 5.02 Å². The number of aromatic nitrogens is 1. The molecular formula is C23H21ClF2N4O2. The number of nitrogens with zero attached hydrogens (tertiary/aromatic N) is 3. The average Bonchev–Trinajstić information content (AvgIpc) is 3.28. The molecule has 1 aromatic heterocycles. The van der Waals surface area contributed by atoms with Gasteiger partial charge in [-0.25, -0.2) is 8.78 Å². The minimum Gasteiger partial charge on any atom is -0.367 e. The lowest BCUT2D eigenvalue weighted by molar-refractivity contribution is -0.115. The largest absolute Gasteiger partial charge is 0.367 e. The maximum absolute atomic E-state index is 15.0. The van der Waals surface area contributed by atoms with Crippen LogP contribution in [0, 0.1) is 23.0 Å². The monoisotopic (exact) mass is 458 g/mol. The van der Waals surface area contributed by atoms with Gasteiger partial charge in [0.25, 0.3) is 0 Å². The number of nitrogens with one attached hydrogen (secondary N) is 1. The zero-order valence-electron chi connectivity index (χ0n) is 17.6. The maximum atomic E-state index is 15.0. The second-order valence-electron chi connectivity index (χ2n) is 7.56. The van der Waals surface area contributed by atoms with Crippen molar-refractivity contribution >= 4 is 34.6 Å². The van der Waals surface area contributed by atoms with Crippen LogP contribution >= 0.6 is 11.6 Å². The van der Waals surface area contributed by atoms with Gasteiger partial charge in [0.2, 0.25) is 6.41 Å². The van der Waals surface area contributed by atoms with Crippen molar-refractivity contribution in [3.63, 3.8) is 0 Å². The lowest BCUT2D eigenvalue weighted by Crippen LogP contribution is -2.21. The van der Waals surface area contributed by atoms with Crippen LogP contribution in [0.4, 0.5) is 14.5 Å². The molecule has 0 atom stereocenters. The van der Waals surface area contributed by atoms with Gasteiger partial charge in [0.1, 0.15) is 5.69 Å². The Morgan fingerprint density at radius 1 is 1.19 bits per heavy atom. The predicted molar refractivity (Wildman–Crippen MR) is 121 cm³/mol. The fourth-order valence-electron chi connectivity index (χ4n) is 3.51. The Labute approximate surface area is 188 Å². The van der Waals surface area contributed by atoms with E-state index in [0.717, 1.165) is 25.3 Å². The normalized spacial score (nSPS) is 12.8. The highest BCUT2D eigenvalue weighted by Gasteiger charge is 2.24. The Morgan fingerprint density at radius 2 is 1.84 bits per heavy atom. The molecule has 0 radical (unpaired) electrons. The topological polar surface area (TPSA) is 80.2 Å². The molecule has 166 valence electrons. The summed E-state index contributed by atoms with van der Waals surface area (Å²) < 4.78 is 29.6. The number of H-pyrrole nitrogens is 1. The fourth-order valence-corrected chi connectivity index (χ4v) is 3.73. The number of halogens is 3. The SMILES string of the molecule is CN(C)C=O.N#Cc1ccc(Cl)c(-c2cc(=O)c3c(F)c(N4CCCC4)c(F)cc3[nH]2)c1. The highest BCUT2D eigenvalue weighted by atomic mass is 35.5. The number of carbonyl (C=O) groups is 1. The van der Waals surface area contributed by atoms with E-state index in [0.29, 0.717) is 34.9 Å². The number of carbonyl (C=O) groups excluding carboxylic acids is 1. The van der Waals surface area contributed by atoms with E-state index in [2.05, 4.69) is 4.98 Å². The smallest absolute Gasteiger partial charge is 0.209 e. The third-order valence-electron chi connectivity index (χ3n) is 5.00. The number of hydrogen-bond donors (Lipinski definition) is 1. The van der Waals surface area contributed by atoms with Gasteiger partial charge in [-0.05, 0) is 31.0 Å². The van der Waals surface area contributed by atoms with Crippen molar-refractivity contribution in [1.29, 1.82) is 5.26 Å². The van der Waals surface area contributed by atoms with Crippen LogP contribution in [0.15, 0.2) is 35.1 Å². The number of fused-ring (bicyclic) bond motifs is 1. The molecule has 9 heteroatoms. The molecule has 6 nitrogen and oxygen atoms in total. The molecule has 0 spiro atoms. The molecule has 4 rings (SSSR count). The zero-order chi connectivity index (χ0) is 23.4. The maximum Gasteiger partial charge on any atom is 0.209 e. The predicted octanol–water partition coefficient (Wildman–Crippen LogP) is 4.30. The van der Waals surface area contributed by atoms with Crippen molar-refractivity contribution in [2.45, 2.75) is 12.8 Å². The Morgan fingerprint density at radius 3 is 2.44 bits per heavy atom. The highest BCUT2D eigenvalue weighted by molar-refractivity contribution is 6.33. The summed E-state index contributed by atoms with van der Waals surface area (Å²) in [5.74, 6) is -1.57. The third-order valence-corrected chi connectivity index (χ3v) is 5.33. The van der Waals surface area contributed by atoms with Gasteiger partial charge in [0, 0.05) is 49.9 Å². The Hall–Kier alpha value is -3.44. The summed E-state index contributed by atoms with van der Waals surface area (Å²) in [4.78, 5) is 28.0. The third kappa shape index (κ3) is 4.73. The Bertz CT molecular complexity index is 1260. The Balaban J connectivity index is 0.000000523. The standard InChI is InChI=1S/C20H14ClF2N3O.C3H7NO/c21-13-4-3-11(10-24)7-12(13)15-9-17(27)18-16(25-15)8-14(22)20(19(18)23)26-5-1-2-6-26;1-4(2)3-5/h3-4,7-9H,1-2,5-6H2,(H,25,27);3H,1-2H3. The van der Waals surface area contributed by atoms with Crippen LogP contribution in [0.5, 0.6) is 0 Å². The van der Waals surface area contributed by atoms with Crippen molar-refractivity contribution in [3.8, 4) is 17.3 Å². The number of amides is 1. The van der Waals surface area contributed by atoms with Crippen molar-refractivity contribution in [2.24, 2.45) is 0 Å².